The molecule has 0 aliphatic carbocycles. The number of carbonyl (C=O) groups excluding carboxylic acids is 2. The van der Waals surface area contributed by atoms with E-state index in [4.69, 9.17) is 10.2 Å². The van der Waals surface area contributed by atoms with Gasteiger partial charge >= 0.3 is 0 Å². The van der Waals surface area contributed by atoms with Crippen molar-refractivity contribution in [1.82, 2.24) is 4.90 Å². The van der Waals surface area contributed by atoms with Gasteiger partial charge in [-0.2, -0.15) is 0 Å². The van der Waals surface area contributed by atoms with Crippen molar-refractivity contribution < 1.29 is 31.6 Å². The number of halogens is 4. The SMILES string of the molecule is C=C(Cc1cc2cc(-c3ccc(C(=O)N4CCC(F)(F)CC4)cc3)cc(-c3ccc(F)cc3F)c2o1)C(N)=O. The van der Waals surface area contributed by atoms with Crippen LogP contribution in [-0.2, 0) is 11.2 Å². The highest BCUT2D eigenvalue weighted by Crippen LogP contribution is 2.38. The first kappa shape index (κ1) is 26.2. The number of hydrogen-bond donors (Lipinski definition) is 1. The molecule has 2 amide bonds. The molecule has 1 saturated heterocycles. The van der Waals surface area contributed by atoms with E-state index >= 15 is 0 Å². The first-order valence-electron chi connectivity index (χ1n) is 12.3. The molecule has 200 valence electrons. The highest BCUT2D eigenvalue weighted by Gasteiger charge is 2.35. The van der Waals surface area contributed by atoms with Crippen molar-refractivity contribution in [3.05, 3.63) is 95.8 Å². The predicted octanol–water partition coefficient (Wildman–Crippen LogP) is 6.50. The Morgan fingerprint density at radius 3 is 2.26 bits per heavy atom. The molecule has 1 aliphatic heterocycles. The van der Waals surface area contributed by atoms with Gasteiger partial charge in [0.05, 0.1) is 0 Å². The van der Waals surface area contributed by atoms with Gasteiger partial charge in [-0.05, 0) is 53.6 Å². The van der Waals surface area contributed by atoms with E-state index in [1.807, 2.05) is 6.07 Å². The van der Waals surface area contributed by atoms with Crippen molar-refractivity contribution in [3.8, 4) is 22.3 Å². The van der Waals surface area contributed by atoms with Crippen LogP contribution in [-0.4, -0.2) is 35.7 Å². The molecule has 9 heteroatoms. The average Bonchev–Trinajstić information content (AvgIpc) is 3.30. The van der Waals surface area contributed by atoms with Gasteiger partial charge < -0.3 is 15.1 Å². The second-order valence-corrected chi connectivity index (χ2v) is 9.65. The van der Waals surface area contributed by atoms with Crippen molar-refractivity contribution in [2.45, 2.75) is 25.2 Å². The molecule has 1 fully saturated rings. The zero-order chi connectivity index (χ0) is 27.9. The molecule has 0 saturated carbocycles. The molecule has 0 radical (unpaired) electrons. The van der Waals surface area contributed by atoms with Crippen molar-refractivity contribution in [3.63, 3.8) is 0 Å². The lowest BCUT2D eigenvalue weighted by atomic mass is 9.95. The van der Waals surface area contributed by atoms with Gasteiger partial charge in [0.1, 0.15) is 23.0 Å². The number of nitrogens with two attached hydrogens (primary N) is 1. The van der Waals surface area contributed by atoms with Crippen LogP contribution in [0.2, 0.25) is 0 Å². The minimum absolute atomic E-state index is 0.0121. The molecule has 3 aromatic carbocycles. The zero-order valence-electron chi connectivity index (χ0n) is 20.8. The third kappa shape index (κ3) is 5.43. The summed E-state index contributed by atoms with van der Waals surface area (Å²) in [4.78, 5) is 25.7. The number of nitrogens with zero attached hydrogens (tertiary/aromatic N) is 1. The van der Waals surface area contributed by atoms with E-state index in [0.717, 1.165) is 12.1 Å². The van der Waals surface area contributed by atoms with Gasteiger partial charge in [0.25, 0.3) is 11.8 Å². The highest BCUT2D eigenvalue weighted by molar-refractivity contribution is 5.98. The number of benzene rings is 3. The summed E-state index contributed by atoms with van der Waals surface area (Å²) in [5, 5.41) is 0.605. The minimum atomic E-state index is -2.75. The minimum Gasteiger partial charge on any atom is -0.460 e. The van der Waals surface area contributed by atoms with E-state index in [1.54, 1.807) is 36.4 Å². The monoisotopic (exact) mass is 536 g/mol. The molecule has 5 rings (SSSR count). The quantitative estimate of drug-likeness (QED) is 0.226. The molecular formula is C30H24F4N2O3. The zero-order valence-corrected chi connectivity index (χ0v) is 20.8. The highest BCUT2D eigenvalue weighted by atomic mass is 19.3. The van der Waals surface area contributed by atoms with Crippen LogP contribution in [0.5, 0.6) is 0 Å². The fourth-order valence-corrected chi connectivity index (χ4v) is 4.69. The molecule has 4 aromatic rings. The molecule has 0 bridgehead atoms. The van der Waals surface area contributed by atoms with Crippen LogP contribution in [0.4, 0.5) is 17.6 Å². The second kappa shape index (κ2) is 10.1. The lowest BCUT2D eigenvalue weighted by molar-refractivity contribution is -0.114. The van der Waals surface area contributed by atoms with Crippen LogP contribution in [0.25, 0.3) is 33.2 Å². The van der Waals surface area contributed by atoms with Gasteiger partial charge in [0.2, 0.25) is 5.91 Å². The van der Waals surface area contributed by atoms with Gasteiger partial charge in [-0.25, -0.2) is 17.6 Å². The smallest absolute Gasteiger partial charge is 0.253 e. The summed E-state index contributed by atoms with van der Waals surface area (Å²) in [7, 11) is 0. The van der Waals surface area contributed by atoms with Crippen LogP contribution in [0.1, 0.15) is 29.0 Å². The van der Waals surface area contributed by atoms with E-state index in [-0.39, 0.29) is 49.4 Å². The molecule has 0 unspecified atom stereocenters. The number of alkyl halides is 2. The summed E-state index contributed by atoms with van der Waals surface area (Å²) >= 11 is 0. The molecule has 2 heterocycles. The Morgan fingerprint density at radius 2 is 1.62 bits per heavy atom. The van der Waals surface area contributed by atoms with Crippen molar-refractivity contribution in [2.24, 2.45) is 5.73 Å². The van der Waals surface area contributed by atoms with Crippen LogP contribution in [0, 0.1) is 11.6 Å². The first-order valence-corrected chi connectivity index (χ1v) is 12.3. The maximum absolute atomic E-state index is 14.8. The fourth-order valence-electron chi connectivity index (χ4n) is 4.69. The van der Waals surface area contributed by atoms with Crippen LogP contribution in [0.15, 0.2) is 77.2 Å². The second-order valence-electron chi connectivity index (χ2n) is 9.65. The summed E-state index contributed by atoms with van der Waals surface area (Å²) in [6, 6.07) is 15.1. The third-order valence-electron chi connectivity index (χ3n) is 6.87. The number of fused-ring (bicyclic) bond motifs is 1. The summed E-state index contributed by atoms with van der Waals surface area (Å²) in [6.07, 6.45) is -0.665. The lowest BCUT2D eigenvalue weighted by Crippen LogP contribution is -2.42. The number of primary amides is 1. The number of furan rings is 1. The van der Waals surface area contributed by atoms with Crippen LogP contribution >= 0.6 is 0 Å². The number of amides is 2. The molecule has 5 nitrogen and oxygen atoms in total. The Bertz CT molecular complexity index is 1600. The molecule has 0 spiro atoms. The van der Waals surface area contributed by atoms with Gasteiger partial charge in [-0.3, -0.25) is 9.59 Å². The normalized spacial score (nSPS) is 14.9. The average molecular weight is 537 g/mol. The Balaban J connectivity index is 1.52. The van der Waals surface area contributed by atoms with E-state index in [9.17, 15) is 27.2 Å². The maximum atomic E-state index is 14.8. The molecule has 1 aromatic heterocycles. The summed E-state index contributed by atoms with van der Waals surface area (Å²) in [6.45, 7) is 3.62. The third-order valence-corrected chi connectivity index (χ3v) is 6.87. The molecular weight excluding hydrogens is 512 g/mol. The van der Waals surface area contributed by atoms with Gasteiger partial charge in [0, 0.05) is 66.1 Å². The van der Waals surface area contributed by atoms with Crippen molar-refractivity contribution in [1.29, 1.82) is 0 Å². The summed E-state index contributed by atoms with van der Waals surface area (Å²) < 4.78 is 61.4. The predicted molar refractivity (Wildman–Crippen MR) is 139 cm³/mol. The van der Waals surface area contributed by atoms with E-state index in [0.29, 0.717) is 39.0 Å². The topological polar surface area (TPSA) is 76.5 Å². The van der Waals surface area contributed by atoms with E-state index in [1.165, 1.54) is 11.0 Å². The van der Waals surface area contributed by atoms with E-state index < -0.39 is 23.5 Å². The Morgan fingerprint density at radius 1 is 0.923 bits per heavy atom. The van der Waals surface area contributed by atoms with E-state index in [2.05, 4.69) is 6.58 Å². The van der Waals surface area contributed by atoms with Gasteiger partial charge in [-0.1, -0.05) is 18.7 Å². The number of carbonyl (C=O) groups is 2. The van der Waals surface area contributed by atoms with Crippen LogP contribution in [0.3, 0.4) is 0 Å². The molecule has 2 N–H and O–H groups in total. The summed E-state index contributed by atoms with van der Waals surface area (Å²) in [5.74, 6) is -4.85. The maximum Gasteiger partial charge on any atom is 0.253 e. The number of likely N-dealkylation sites (tertiary alicyclic amines) is 1. The standard InChI is InChI=1S/C30H24F4N2O3/c1-17(28(35)37)12-23-14-21-13-20(15-25(27(21)39-23)24-7-6-22(31)16-26(24)32)18-2-4-19(5-3-18)29(38)36-10-8-30(33,34)9-11-36/h2-7,13-16H,1,8-12H2,(H2,35,37). The largest absolute Gasteiger partial charge is 0.460 e. The number of hydrogen-bond acceptors (Lipinski definition) is 3. The summed E-state index contributed by atoms with van der Waals surface area (Å²) in [5.41, 5.74) is 7.99. The van der Waals surface area contributed by atoms with Crippen molar-refractivity contribution in [2.75, 3.05) is 13.1 Å². The molecule has 1 aliphatic rings. The Kier molecular flexibility index (Phi) is 6.76. The Labute approximate surface area is 221 Å². The number of rotatable bonds is 6. The first-order chi connectivity index (χ1) is 18.5. The lowest BCUT2D eigenvalue weighted by Gasteiger charge is -2.31. The van der Waals surface area contributed by atoms with Crippen molar-refractivity contribution >= 4 is 22.8 Å². The van der Waals surface area contributed by atoms with Crippen LogP contribution < -0.4 is 5.73 Å². The van der Waals surface area contributed by atoms with Gasteiger partial charge in [0.15, 0.2) is 0 Å². The van der Waals surface area contributed by atoms with Gasteiger partial charge in [-0.15, -0.1) is 0 Å². The molecule has 0 atom stereocenters. The molecule has 39 heavy (non-hydrogen) atoms. The Hall–Kier alpha value is -4.40. The number of piperidine rings is 1. The fraction of sp³-hybridized carbons (Fsp3) is 0.200.